The molecule has 0 aliphatic heterocycles. The van der Waals surface area contributed by atoms with Crippen LogP contribution in [0.25, 0.3) is 5.57 Å². The number of hydrogen-bond acceptors (Lipinski definition) is 1. The van der Waals surface area contributed by atoms with Gasteiger partial charge in [0.05, 0.1) is 7.11 Å². The molecule has 0 amide bonds. The lowest BCUT2D eigenvalue weighted by atomic mass is 10.1. The molecular weight excluding hydrogens is 196 g/mol. The van der Waals surface area contributed by atoms with E-state index in [1.807, 2.05) is 12.1 Å². The maximum absolute atomic E-state index is 5.62. The molecule has 76 valence electrons. The predicted molar refractivity (Wildman–Crippen MR) is 62.0 cm³/mol. The molecule has 0 radical (unpaired) electrons. The smallest absolute Gasteiger partial charge is 0.118 e. The third-order valence-electron chi connectivity index (χ3n) is 2.10. The minimum atomic E-state index is 0.674. The summed E-state index contributed by atoms with van der Waals surface area (Å²) in [5, 5.41) is 0. The first-order valence-corrected chi connectivity index (χ1v) is 5.18. The van der Waals surface area contributed by atoms with Crippen molar-refractivity contribution >= 4 is 17.2 Å². The molecule has 0 heterocycles. The zero-order valence-corrected chi connectivity index (χ0v) is 9.34. The first-order valence-electron chi connectivity index (χ1n) is 4.65. The SMILES string of the molecule is COc1ccc(C(C)=CCCCl)cc1. The molecule has 0 unspecified atom stereocenters. The molecule has 1 nitrogen and oxygen atoms in total. The highest BCUT2D eigenvalue weighted by atomic mass is 35.5. The van der Waals surface area contributed by atoms with E-state index in [-0.39, 0.29) is 0 Å². The van der Waals surface area contributed by atoms with Crippen LogP contribution in [-0.2, 0) is 0 Å². The fourth-order valence-corrected chi connectivity index (χ4v) is 1.35. The van der Waals surface area contributed by atoms with E-state index in [2.05, 4.69) is 25.1 Å². The number of hydrogen-bond donors (Lipinski definition) is 0. The summed E-state index contributed by atoms with van der Waals surface area (Å²) in [6.07, 6.45) is 3.06. The molecule has 1 rings (SSSR count). The van der Waals surface area contributed by atoms with Gasteiger partial charge in [0.1, 0.15) is 5.75 Å². The Labute approximate surface area is 90.3 Å². The second kappa shape index (κ2) is 5.71. The quantitative estimate of drug-likeness (QED) is 0.689. The normalized spacial score (nSPS) is 11.5. The maximum atomic E-state index is 5.62. The summed E-state index contributed by atoms with van der Waals surface area (Å²) in [5.74, 6) is 1.56. The Morgan fingerprint density at radius 3 is 2.50 bits per heavy atom. The third kappa shape index (κ3) is 3.08. The largest absolute Gasteiger partial charge is 0.497 e. The lowest BCUT2D eigenvalue weighted by molar-refractivity contribution is 0.415. The lowest BCUT2D eigenvalue weighted by Gasteiger charge is -2.03. The Morgan fingerprint density at radius 2 is 2.00 bits per heavy atom. The van der Waals surface area contributed by atoms with Crippen LogP contribution in [0.3, 0.4) is 0 Å². The zero-order chi connectivity index (χ0) is 10.4. The van der Waals surface area contributed by atoms with Crippen molar-refractivity contribution in [3.05, 3.63) is 35.9 Å². The van der Waals surface area contributed by atoms with Gasteiger partial charge in [-0.3, -0.25) is 0 Å². The maximum Gasteiger partial charge on any atom is 0.118 e. The van der Waals surface area contributed by atoms with Crippen LogP contribution in [-0.4, -0.2) is 13.0 Å². The van der Waals surface area contributed by atoms with Gasteiger partial charge in [0.15, 0.2) is 0 Å². The average molecular weight is 211 g/mol. The van der Waals surface area contributed by atoms with Gasteiger partial charge in [-0.1, -0.05) is 18.2 Å². The number of rotatable bonds is 4. The minimum absolute atomic E-state index is 0.674. The fourth-order valence-electron chi connectivity index (χ4n) is 1.24. The van der Waals surface area contributed by atoms with Crippen molar-refractivity contribution in [3.8, 4) is 5.75 Å². The van der Waals surface area contributed by atoms with E-state index in [0.717, 1.165) is 12.2 Å². The molecule has 0 bridgehead atoms. The average Bonchev–Trinajstić information content (AvgIpc) is 2.26. The first kappa shape index (κ1) is 11.1. The Balaban J connectivity index is 2.76. The van der Waals surface area contributed by atoms with E-state index in [1.165, 1.54) is 11.1 Å². The van der Waals surface area contributed by atoms with E-state index in [9.17, 15) is 0 Å². The van der Waals surface area contributed by atoms with Crippen molar-refractivity contribution in [1.82, 2.24) is 0 Å². The van der Waals surface area contributed by atoms with Crippen LogP contribution in [0.1, 0.15) is 18.9 Å². The van der Waals surface area contributed by atoms with Gasteiger partial charge in [0.25, 0.3) is 0 Å². The van der Waals surface area contributed by atoms with Gasteiger partial charge in [0, 0.05) is 5.88 Å². The van der Waals surface area contributed by atoms with Crippen molar-refractivity contribution in [2.45, 2.75) is 13.3 Å². The van der Waals surface area contributed by atoms with Gasteiger partial charge in [-0.25, -0.2) is 0 Å². The highest BCUT2D eigenvalue weighted by molar-refractivity contribution is 6.17. The predicted octanol–water partition coefficient (Wildman–Crippen LogP) is 3.73. The van der Waals surface area contributed by atoms with Gasteiger partial charge < -0.3 is 4.74 Å². The number of allylic oxidation sites excluding steroid dienone is 2. The van der Waals surface area contributed by atoms with Crippen LogP contribution in [0.2, 0.25) is 0 Å². The molecule has 0 N–H and O–H groups in total. The standard InChI is InChI=1S/C12H15ClO/c1-10(4-3-9-13)11-5-7-12(14-2)8-6-11/h4-8H,3,9H2,1-2H3. The Morgan fingerprint density at radius 1 is 1.36 bits per heavy atom. The van der Waals surface area contributed by atoms with Crippen LogP contribution in [0, 0.1) is 0 Å². The molecular formula is C12H15ClO. The molecule has 0 fully saturated rings. The molecule has 0 saturated heterocycles. The number of alkyl halides is 1. The van der Waals surface area contributed by atoms with E-state index >= 15 is 0 Å². The van der Waals surface area contributed by atoms with Gasteiger partial charge in [-0.2, -0.15) is 0 Å². The van der Waals surface area contributed by atoms with Crippen LogP contribution in [0.15, 0.2) is 30.3 Å². The molecule has 0 aromatic heterocycles. The van der Waals surface area contributed by atoms with Crippen LogP contribution in [0.5, 0.6) is 5.75 Å². The van der Waals surface area contributed by atoms with E-state index in [0.29, 0.717) is 5.88 Å². The molecule has 14 heavy (non-hydrogen) atoms. The summed E-state index contributed by atoms with van der Waals surface area (Å²) in [4.78, 5) is 0. The van der Waals surface area contributed by atoms with Crippen LogP contribution < -0.4 is 4.74 Å². The first-order chi connectivity index (χ1) is 6.77. The molecule has 0 aliphatic carbocycles. The minimum Gasteiger partial charge on any atom is -0.497 e. The summed E-state index contributed by atoms with van der Waals surface area (Å²) in [6, 6.07) is 8.04. The second-order valence-electron chi connectivity index (χ2n) is 3.09. The van der Waals surface area contributed by atoms with Crippen molar-refractivity contribution in [3.63, 3.8) is 0 Å². The monoisotopic (exact) mass is 210 g/mol. The molecule has 0 aliphatic rings. The molecule has 1 aromatic carbocycles. The number of benzene rings is 1. The second-order valence-corrected chi connectivity index (χ2v) is 3.47. The number of methoxy groups -OCH3 is 1. The summed E-state index contributed by atoms with van der Waals surface area (Å²) in [5.41, 5.74) is 2.48. The Bertz CT molecular complexity index is 301. The molecule has 0 atom stereocenters. The van der Waals surface area contributed by atoms with E-state index in [4.69, 9.17) is 16.3 Å². The number of ether oxygens (including phenoxy) is 1. The summed E-state index contributed by atoms with van der Waals surface area (Å²) in [6.45, 7) is 2.09. The van der Waals surface area contributed by atoms with Crippen LogP contribution in [0.4, 0.5) is 0 Å². The fraction of sp³-hybridized carbons (Fsp3) is 0.333. The molecule has 2 heteroatoms. The van der Waals surface area contributed by atoms with Crippen molar-refractivity contribution < 1.29 is 4.74 Å². The van der Waals surface area contributed by atoms with Crippen molar-refractivity contribution in [2.75, 3.05) is 13.0 Å². The van der Waals surface area contributed by atoms with Crippen molar-refractivity contribution in [1.29, 1.82) is 0 Å². The lowest BCUT2D eigenvalue weighted by Crippen LogP contribution is -1.84. The Kier molecular flexibility index (Phi) is 4.54. The van der Waals surface area contributed by atoms with Gasteiger partial charge >= 0.3 is 0 Å². The van der Waals surface area contributed by atoms with Crippen LogP contribution >= 0.6 is 11.6 Å². The summed E-state index contributed by atoms with van der Waals surface area (Å²) in [7, 11) is 1.67. The molecule has 0 spiro atoms. The van der Waals surface area contributed by atoms with Gasteiger partial charge in [-0.15, -0.1) is 11.6 Å². The van der Waals surface area contributed by atoms with Gasteiger partial charge in [-0.05, 0) is 36.6 Å². The molecule has 1 aromatic rings. The van der Waals surface area contributed by atoms with Crippen molar-refractivity contribution in [2.24, 2.45) is 0 Å². The highest BCUT2D eigenvalue weighted by Gasteiger charge is 1.95. The topological polar surface area (TPSA) is 9.23 Å². The summed E-state index contributed by atoms with van der Waals surface area (Å²) < 4.78 is 5.09. The third-order valence-corrected chi connectivity index (χ3v) is 2.32. The van der Waals surface area contributed by atoms with E-state index < -0.39 is 0 Å². The molecule has 0 saturated carbocycles. The highest BCUT2D eigenvalue weighted by Crippen LogP contribution is 2.18. The summed E-state index contributed by atoms with van der Waals surface area (Å²) >= 11 is 5.62. The zero-order valence-electron chi connectivity index (χ0n) is 8.59. The Hall–Kier alpha value is -0.950. The van der Waals surface area contributed by atoms with E-state index in [1.54, 1.807) is 7.11 Å². The van der Waals surface area contributed by atoms with Gasteiger partial charge in [0.2, 0.25) is 0 Å². The number of halogens is 1.